The molecular formula is C18H21N2NaO. The Labute approximate surface area is 155 Å². The number of nitrogens with zero attached hydrogens (tertiary/aromatic N) is 2. The van der Waals surface area contributed by atoms with E-state index in [9.17, 15) is 4.79 Å². The van der Waals surface area contributed by atoms with Crippen LogP contribution < -0.4 is 34.5 Å². The van der Waals surface area contributed by atoms with Gasteiger partial charge in [-0.25, -0.2) is 0 Å². The summed E-state index contributed by atoms with van der Waals surface area (Å²) in [7, 11) is 0. The van der Waals surface area contributed by atoms with E-state index >= 15 is 0 Å². The molecule has 22 heavy (non-hydrogen) atoms. The number of carbonyl (C=O) groups excluding carboxylic acids is 1. The molecule has 4 heteroatoms. The van der Waals surface area contributed by atoms with E-state index in [1.807, 2.05) is 76.2 Å². The van der Waals surface area contributed by atoms with Crippen molar-refractivity contribution in [2.75, 3.05) is 4.90 Å². The van der Waals surface area contributed by atoms with Gasteiger partial charge in [0.05, 0.1) is 0 Å². The van der Waals surface area contributed by atoms with Crippen molar-refractivity contribution < 1.29 is 34.4 Å². The van der Waals surface area contributed by atoms with Crippen molar-refractivity contribution in [3.8, 4) is 0 Å². The maximum absolute atomic E-state index is 12.6. The van der Waals surface area contributed by atoms with Crippen LogP contribution in [0.3, 0.4) is 0 Å². The third kappa shape index (κ3) is 4.35. The van der Waals surface area contributed by atoms with E-state index in [0.717, 1.165) is 22.5 Å². The smallest absolute Gasteiger partial charge is 0.408 e. The van der Waals surface area contributed by atoms with Crippen molar-refractivity contribution in [1.82, 2.24) is 0 Å². The molecule has 110 valence electrons. The zero-order chi connectivity index (χ0) is 15.4. The van der Waals surface area contributed by atoms with Gasteiger partial charge in [-0.2, -0.15) is 0 Å². The molecule has 0 saturated heterocycles. The van der Waals surface area contributed by atoms with Crippen LogP contribution >= 0.6 is 0 Å². The van der Waals surface area contributed by atoms with Gasteiger partial charge < -0.3 is 10.2 Å². The molecule has 2 aromatic carbocycles. The number of para-hydroxylation sites is 2. The number of carbonyl (C=O) groups is 1. The molecule has 0 spiro atoms. The zero-order valence-electron chi connectivity index (χ0n) is 14.0. The van der Waals surface area contributed by atoms with Crippen LogP contribution in [0, 0.1) is 13.8 Å². The normalized spacial score (nSPS) is 10.0. The molecule has 0 bridgehead atoms. The van der Waals surface area contributed by atoms with Crippen LogP contribution in [0.5, 0.6) is 0 Å². The SMILES string of the molecule is Cc1cccc(C)c1[N-]C(=O)N(c1ccccc1)C(C)C.[Na+]. The number of urea groups is 1. The number of rotatable bonds is 3. The summed E-state index contributed by atoms with van der Waals surface area (Å²) in [6.07, 6.45) is 0. The molecule has 0 saturated carbocycles. The van der Waals surface area contributed by atoms with Crippen molar-refractivity contribution in [3.05, 3.63) is 65.0 Å². The average molecular weight is 304 g/mol. The van der Waals surface area contributed by atoms with Crippen LogP contribution in [0.2, 0.25) is 0 Å². The number of hydrogen-bond acceptors (Lipinski definition) is 1. The van der Waals surface area contributed by atoms with E-state index < -0.39 is 0 Å². The molecule has 0 unspecified atom stereocenters. The molecule has 3 nitrogen and oxygen atoms in total. The zero-order valence-corrected chi connectivity index (χ0v) is 16.0. The van der Waals surface area contributed by atoms with E-state index in [1.165, 1.54) is 0 Å². The van der Waals surface area contributed by atoms with Crippen LogP contribution in [-0.2, 0) is 0 Å². The summed E-state index contributed by atoms with van der Waals surface area (Å²) in [6, 6.07) is 15.4. The molecule has 0 N–H and O–H groups in total. The van der Waals surface area contributed by atoms with Crippen molar-refractivity contribution >= 4 is 17.4 Å². The Bertz CT molecular complexity index is 606. The number of hydrogen-bond donors (Lipinski definition) is 0. The second kappa shape index (κ2) is 8.37. The minimum atomic E-state index is -0.228. The number of amides is 2. The van der Waals surface area contributed by atoms with Gasteiger partial charge in [0.15, 0.2) is 6.03 Å². The standard InChI is InChI=1S/C18H22N2O.Na/c1-13(2)20(16-11-6-5-7-12-16)18(21)19-17-14(3)9-8-10-15(17)4;/h5-13H,1-4H3,(H,19,21);/q;+1/p-1. The minimum Gasteiger partial charge on any atom is -0.408 e. The van der Waals surface area contributed by atoms with Gasteiger partial charge in [0.1, 0.15) is 0 Å². The molecule has 0 aliphatic carbocycles. The van der Waals surface area contributed by atoms with Gasteiger partial charge in [-0.05, 0) is 42.4 Å². The maximum Gasteiger partial charge on any atom is 1.00 e. The first-order valence-electron chi connectivity index (χ1n) is 7.17. The van der Waals surface area contributed by atoms with E-state index in [-0.39, 0.29) is 41.6 Å². The predicted octanol–water partition coefficient (Wildman–Crippen LogP) is 2.35. The van der Waals surface area contributed by atoms with E-state index in [4.69, 9.17) is 0 Å². The summed E-state index contributed by atoms with van der Waals surface area (Å²) in [5.41, 5.74) is 3.66. The summed E-state index contributed by atoms with van der Waals surface area (Å²) in [4.78, 5) is 14.3. The first kappa shape index (κ1) is 18.8. The van der Waals surface area contributed by atoms with Crippen LogP contribution in [0.4, 0.5) is 16.2 Å². The average Bonchev–Trinajstić information content (AvgIpc) is 2.44. The molecule has 2 aromatic rings. The van der Waals surface area contributed by atoms with Gasteiger partial charge in [0.25, 0.3) is 0 Å². The van der Waals surface area contributed by atoms with Gasteiger partial charge in [-0.15, -0.1) is 0 Å². The second-order valence-corrected chi connectivity index (χ2v) is 5.43. The molecule has 0 atom stereocenters. The first-order chi connectivity index (χ1) is 10.0. The fourth-order valence-corrected chi connectivity index (χ4v) is 2.35. The quantitative estimate of drug-likeness (QED) is 0.802. The van der Waals surface area contributed by atoms with Crippen molar-refractivity contribution in [2.24, 2.45) is 0 Å². The van der Waals surface area contributed by atoms with E-state index in [0.29, 0.717) is 0 Å². The third-order valence-corrected chi connectivity index (χ3v) is 3.40. The van der Waals surface area contributed by atoms with Gasteiger partial charge in [-0.1, -0.05) is 62.4 Å². The second-order valence-electron chi connectivity index (χ2n) is 5.43. The molecule has 2 amide bonds. The third-order valence-electron chi connectivity index (χ3n) is 3.40. The summed E-state index contributed by atoms with van der Waals surface area (Å²) in [5, 5.41) is 4.34. The van der Waals surface area contributed by atoms with Crippen LogP contribution in [0.25, 0.3) is 5.32 Å². The van der Waals surface area contributed by atoms with Gasteiger partial charge in [0.2, 0.25) is 0 Å². The van der Waals surface area contributed by atoms with Gasteiger partial charge >= 0.3 is 29.6 Å². The predicted molar refractivity (Wildman–Crippen MR) is 88.4 cm³/mol. The first-order valence-corrected chi connectivity index (χ1v) is 7.17. The van der Waals surface area contributed by atoms with E-state index in [1.54, 1.807) is 4.90 Å². The Morgan fingerprint density at radius 2 is 1.50 bits per heavy atom. The Morgan fingerprint density at radius 1 is 0.955 bits per heavy atom. The van der Waals surface area contributed by atoms with Gasteiger partial charge in [-0.3, -0.25) is 4.79 Å². The Kier molecular flexibility index (Phi) is 7.14. The molecule has 0 aromatic heterocycles. The maximum atomic E-state index is 12.6. The summed E-state index contributed by atoms with van der Waals surface area (Å²) in [6.45, 7) is 7.93. The number of aryl methyl sites for hydroxylation is 2. The molecular weight excluding hydrogens is 283 g/mol. The van der Waals surface area contributed by atoms with Crippen LogP contribution in [-0.4, -0.2) is 12.1 Å². The van der Waals surface area contributed by atoms with Crippen molar-refractivity contribution in [2.45, 2.75) is 33.7 Å². The van der Waals surface area contributed by atoms with Crippen LogP contribution in [0.1, 0.15) is 25.0 Å². The summed E-state index contributed by atoms with van der Waals surface area (Å²) >= 11 is 0. The molecule has 0 aliphatic rings. The summed E-state index contributed by atoms with van der Waals surface area (Å²) < 4.78 is 0. The molecule has 0 aliphatic heterocycles. The number of benzene rings is 2. The topological polar surface area (TPSA) is 34.4 Å². The van der Waals surface area contributed by atoms with Crippen molar-refractivity contribution in [1.29, 1.82) is 0 Å². The fraction of sp³-hybridized carbons (Fsp3) is 0.278. The Balaban J connectivity index is 0.00000242. The molecule has 0 heterocycles. The monoisotopic (exact) mass is 304 g/mol. The van der Waals surface area contributed by atoms with Crippen LogP contribution in [0.15, 0.2) is 48.5 Å². The minimum absolute atomic E-state index is 0. The molecule has 0 fully saturated rings. The Morgan fingerprint density at radius 3 is 2.00 bits per heavy atom. The largest absolute Gasteiger partial charge is 1.00 e. The number of anilines is 1. The van der Waals surface area contributed by atoms with Crippen molar-refractivity contribution in [3.63, 3.8) is 0 Å². The fourth-order valence-electron chi connectivity index (χ4n) is 2.35. The molecule has 0 radical (unpaired) electrons. The molecule has 2 rings (SSSR count). The Hall–Kier alpha value is -1.29. The summed E-state index contributed by atoms with van der Waals surface area (Å²) in [5.74, 6) is 0. The van der Waals surface area contributed by atoms with E-state index in [2.05, 4.69) is 5.32 Å². The van der Waals surface area contributed by atoms with Gasteiger partial charge in [0, 0.05) is 0 Å².